The van der Waals surface area contributed by atoms with Crippen LogP contribution in [-0.2, 0) is 11.3 Å². The van der Waals surface area contributed by atoms with E-state index in [1.54, 1.807) is 17.3 Å². The average molecular weight is 303 g/mol. The summed E-state index contributed by atoms with van der Waals surface area (Å²) < 4.78 is 0. The van der Waals surface area contributed by atoms with Crippen LogP contribution in [0, 0.1) is 0 Å². The molecule has 0 fully saturated rings. The van der Waals surface area contributed by atoms with Gasteiger partial charge in [0.25, 0.3) is 0 Å². The van der Waals surface area contributed by atoms with E-state index in [9.17, 15) is 4.79 Å². The number of aromatic nitrogens is 1. The number of benzene rings is 1. The van der Waals surface area contributed by atoms with Crippen LogP contribution in [-0.4, -0.2) is 21.8 Å². The smallest absolute Gasteiger partial charge is 0.245 e. The zero-order chi connectivity index (χ0) is 15.2. The van der Waals surface area contributed by atoms with Crippen LogP contribution in [0.4, 0.5) is 0 Å². The van der Waals surface area contributed by atoms with E-state index in [1.807, 2.05) is 56.3 Å². The van der Waals surface area contributed by atoms with Gasteiger partial charge in [-0.3, -0.25) is 9.78 Å². The molecule has 0 saturated carbocycles. The second-order valence-corrected chi connectivity index (χ2v) is 5.63. The van der Waals surface area contributed by atoms with Crippen molar-refractivity contribution in [2.75, 3.05) is 0 Å². The quantitative estimate of drug-likeness (QED) is 0.787. The minimum Gasteiger partial charge on any atom is -0.334 e. The van der Waals surface area contributed by atoms with E-state index < -0.39 is 5.38 Å². The minimum absolute atomic E-state index is 0.0719. The van der Waals surface area contributed by atoms with Crippen molar-refractivity contribution in [3.8, 4) is 0 Å². The SMILES string of the molecule is CC(C)N(Cc1cccnc1)C(=O)C(Cl)c1ccccc1. The Morgan fingerprint density at radius 3 is 2.48 bits per heavy atom. The predicted octanol–water partition coefficient (Wildman–Crippen LogP) is 3.80. The Balaban J connectivity index is 2.16. The molecule has 1 atom stereocenters. The van der Waals surface area contributed by atoms with Crippen LogP contribution in [0.1, 0.15) is 30.4 Å². The van der Waals surface area contributed by atoms with Gasteiger partial charge in [0.05, 0.1) is 0 Å². The van der Waals surface area contributed by atoms with Gasteiger partial charge in [0, 0.05) is 25.0 Å². The molecule has 1 amide bonds. The lowest BCUT2D eigenvalue weighted by molar-refractivity contribution is -0.133. The molecule has 2 aromatic rings. The summed E-state index contributed by atoms with van der Waals surface area (Å²) in [6, 6.07) is 13.3. The van der Waals surface area contributed by atoms with Crippen molar-refractivity contribution in [2.24, 2.45) is 0 Å². The van der Waals surface area contributed by atoms with E-state index in [1.165, 1.54) is 0 Å². The van der Waals surface area contributed by atoms with E-state index in [0.717, 1.165) is 11.1 Å². The van der Waals surface area contributed by atoms with Crippen LogP contribution in [0.25, 0.3) is 0 Å². The number of alkyl halides is 1. The molecule has 0 N–H and O–H groups in total. The van der Waals surface area contributed by atoms with Gasteiger partial charge in [0.2, 0.25) is 5.91 Å². The fraction of sp³-hybridized carbons (Fsp3) is 0.294. The second-order valence-electron chi connectivity index (χ2n) is 5.19. The van der Waals surface area contributed by atoms with Crippen LogP contribution in [0.5, 0.6) is 0 Å². The van der Waals surface area contributed by atoms with Gasteiger partial charge in [0.15, 0.2) is 0 Å². The summed E-state index contributed by atoms with van der Waals surface area (Å²) >= 11 is 6.35. The number of hydrogen-bond acceptors (Lipinski definition) is 2. The van der Waals surface area contributed by atoms with Gasteiger partial charge in [-0.2, -0.15) is 0 Å². The molecule has 1 unspecified atom stereocenters. The molecule has 1 aromatic heterocycles. The fourth-order valence-electron chi connectivity index (χ4n) is 2.11. The third-order valence-electron chi connectivity index (χ3n) is 3.29. The van der Waals surface area contributed by atoms with Crippen molar-refractivity contribution in [2.45, 2.75) is 31.8 Å². The summed E-state index contributed by atoms with van der Waals surface area (Å²) in [4.78, 5) is 18.5. The maximum Gasteiger partial charge on any atom is 0.245 e. The molecule has 1 aromatic carbocycles. The monoisotopic (exact) mass is 302 g/mol. The zero-order valence-electron chi connectivity index (χ0n) is 12.2. The minimum atomic E-state index is -0.662. The van der Waals surface area contributed by atoms with Gasteiger partial charge in [0.1, 0.15) is 5.38 Å². The summed E-state index contributed by atoms with van der Waals surface area (Å²) in [5, 5.41) is -0.662. The van der Waals surface area contributed by atoms with E-state index in [4.69, 9.17) is 11.6 Å². The summed E-state index contributed by atoms with van der Waals surface area (Å²) in [5.74, 6) is -0.0817. The maximum absolute atomic E-state index is 12.7. The first-order valence-electron chi connectivity index (χ1n) is 6.98. The number of halogens is 1. The van der Waals surface area contributed by atoms with Crippen molar-refractivity contribution >= 4 is 17.5 Å². The first-order chi connectivity index (χ1) is 10.1. The Labute approximate surface area is 130 Å². The third-order valence-corrected chi connectivity index (χ3v) is 3.73. The number of amides is 1. The second kappa shape index (κ2) is 7.23. The Kier molecular flexibility index (Phi) is 5.34. The molecule has 0 aliphatic heterocycles. The molecule has 0 aliphatic rings. The van der Waals surface area contributed by atoms with Crippen LogP contribution >= 0.6 is 11.6 Å². The Morgan fingerprint density at radius 2 is 1.90 bits per heavy atom. The van der Waals surface area contributed by atoms with Crippen LogP contribution in [0.15, 0.2) is 54.9 Å². The van der Waals surface area contributed by atoms with Crippen LogP contribution < -0.4 is 0 Å². The first kappa shape index (κ1) is 15.5. The van der Waals surface area contributed by atoms with Gasteiger partial charge in [-0.25, -0.2) is 0 Å². The zero-order valence-corrected chi connectivity index (χ0v) is 13.0. The third kappa shape index (κ3) is 4.05. The van der Waals surface area contributed by atoms with Crippen molar-refractivity contribution < 1.29 is 4.79 Å². The molecular formula is C17H19ClN2O. The van der Waals surface area contributed by atoms with Gasteiger partial charge in [-0.15, -0.1) is 11.6 Å². The summed E-state index contributed by atoms with van der Waals surface area (Å²) in [7, 11) is 0. The lowest BCUT2D eigenvalue weighted by atomic mass is 10.1. The summed E-state index contributed by atoms with van der Waals surface area (Å²) in [5.41, 5.74) is 1.82. The Bertz CT molecular complexity index is 572. The lowest BCUT2D eigenvalue weighted by Gasteiger charge is -2.29. The van der Waals surface area contributed by atoms with Crippen molar-refractivity contribution in [3.63, 3.8) is 0 Å². The summed E-state index contributed by atoms with van der Waals surface area (Å²) in [6.07, 6.45) is 3.49. The number of hydrogen-bond donors (Lipinski definition) is 0. The van der Waals surface area contributed by atoms with E-state index in [-0.39, 0.29) is 11.9 Å². The van der Waals surface area contributed by atoms with Gasteiger partial charge < -0.3 is 4.90 Å². The standard InChI is InChI=1S/C17H19ClN2O/c1-13(2)20(12-14-7-6-10-19-11-14)17(21)16(18)15-8-4-3-5-9-15/h3-11,13,16H,12H2,1-2H3. The highest BCUT2D eigenvalue weighted by Gasteiger charge is 2.25. The normalized spacial score (nSPS) is 12.2. The number of carbonyl (C=O) groups is 1. The van der Waals surface area contributed by atoms with Gasteiger partial charge >= 0.3 is 0 Å². The number of rotatable bonds is 5. The number of pyridine rings is 1. The molecule has 1 heterocycles. The van der Waals surface area contributed by atoms with Crippen molar-refractivity contribution in [3.05, 3.63) is 66.0 Å². The Morgan fingerprint density at radius 1 is 1.19 bits per heavy atom. The molecule has 2 rings (SSSR count). The van der Waals surface area contributed by atoms with E-state index in [0.29, 0.717) is 6.54 Å². The fourth-order valence-corrected chi connectivity index (χ4v) is 2.38. The number of nitrogens with zero attached hydrogens (tertiary/aromatic N) is 2. The van der Waals surface area contributed by atoms with Gasteiger partial charge in [-0.1, -0.05) is 36.4 Å². The lowest BCUT2D eigenvalue weighted by Crippen LogP contribution is -2.38. The van der Waals surface area contributed by atoms with E-state index >= 15 is 0 Å². The molecule has 3 nitrogen and oxygen atoms in total. The summed E-state index contributed by atoms with van der Waals surface area (Å²) in [6.45, 7) is 4.49. The topological polar surface area (TPSA) is 33.2 Å². The Hall–Kier alpha value is -1.87. The van der Waals surface area contributed by atoms with Crippen LogP contribution in [0.3, 0.4) is 0 Å². The molecule has 0 radical (unpaired) electrons. The first-order valence-corrected chi connectivity index (χ1v) is 7.41. The molecular weight excluding hydrogens is 284 g/mol. The number of carbonyl (C=O) groups excluding carboxylic acids is 1. The molecule has 0 bridgehead atoms. The van der Waals surface area contributed by atoms with Crippen LogP contribution in [0.2, 0.25) is 0 Å². The highest BCUT2D eigenvalue weighted by molar-refractivity contribution is 6.30. The highest BCUT2D eigenvalue weighted by atomic mass is 35.5. The van der Waals surface area contributed by atoms with Crippen molar-refractivity contribution in [1.82, 2.24) is 9.88 Å². The largest absolute Gasteiger partial charge is 0.334 e. The molecule has 0 spiro atoms. The molecule has 21 heavy (non-hydrogen) atoms. The maximum atomic E-state index is 12.7. The highest BCUT2D eigenvalue weighted by Crippen LogP contribution is 2.24. The van der Waals surface area contributed by atoms with E-state index in [2.05, 4.69) is 4.98 Å². The average Bonchev–Trinajstić information content (AvgIpc) is 2.53. The molecule has 0 saturated heterocycles. The van der Waals surface area contributed by atoms with Gasteiger partial charge in [-0.05, 0) is 31.0 Å². The van der Waals surface area contributed by atoms with Crippen molar-refractivity contribution in [1.29, 1.82) is 0 Å². The predicted molar refractivity (Wildman–Crippen MR) is 85.0 cm³/mol. The molecule has 4 heteroatoms. The molecule has 110 valence electrons. The molecule has 0 aliphatic carbocycles.